The molecule has 2 aliphatic carbocycles. The number of fused-ring (bicyclic) bond motifs is 4. The first kappa shape index (κ1) is 38.8. The van der Waals surface area contributed by atoms with Gasteiger partial charge >= 0.3 is 5.97 Å². The molecule has 3 aliphatic rings. The fraction of sp³-hybridized carbons (Fsp3) is 0.333. The van der Waals surface area contributed by atoms with Crippen molar-refractivity contribution in [3.05, 3.63) is 99.6 Å². The predicted molar refractivity (Wildman–Crippen MR) is 192 cm³/mol. The number of aromatic hydroxyl groups is 2. The van der Waals surface area contributed by atoms with E-state index < -0.39 is 102 Å². The van der Waals surface area contributed by atoms with Crippen LogP contribution < -0.4 is 10.2 Å². The van der Waals surface area contributed by atoms with Crippen molar-refractivity contribution < 1.29 is 63.8 Å². The van der Waals surface area contributed by atoms with Crippen LogP contribution in [0.1, 0.15) is 74.4 Å². The summed E-state index contributed by atoms with van der Waals surface area (Å²) in [5, 5.41) is 57.4. The van der Waals surface area contributed by atoms with Crippen LogP contribution in [0.5, 0.6) is 17.2 Å². The summed E-state index contributed by atoms with van der Waals surface area (Å²) in [6, 6.07) is 16.5. The number of hydroxylamine groups is 1. The maximum Gasteiger partial charge on any atom is 0.329 e. The van der Waals surface area contributed by atoms with Crippen molar-refractivity contribution >= 4 is 46.5 Å². The molecular weight excluding hydrogens is 726 g/mol. The first-order valence-corrected chi connectivity index (χ1v) is 17.0. The molecule has 0 saturated carbocycles. The number of nitrogens with one attached hydrogen (secondary N) is 1. The van der Waals surface area contributed by atoms with Crippen LogP contribution >= 0.6 is 12.4 Å². The SMILES string of the molecule is COc1cccc2c1C(=O)c1c(O)c3c(c(O)c1C2=O)C[C@@](O)(C(=O)CO)C[C@@H]3OC1CC(NOC(=O)Cc2cccc3ccccc23)C(O)C(C)O1.Cl. The van der Waals surface area contributed by atoms with Crippen molar-refractivity contribution in [2.24, 2.45) is 0 Å². The van der Waals surface area contributed by atoms with Crippen LogP contribution in [0.15, 0.2) is 60.7 Å². The van der Waals surface area contributed by atoms with Crippen molar-refractivity contribution in [3.8, 4) is 17.2 Å². The maximum atomic E-state index is 13.9. The molecular formula is C39H38ClNO13. The lowest BCUT2D eigenvalue weighted by molar-refractivity contribution is -0.256. The van der Waals surface area contributed by atoms with Gasteiger partial charge in [0.15, 0.2) is 17.9 Å². The Balaban J connectivity index is 0.00000497. The number of halogens is 1. The zero-order valence-electron chi connectivity index (χ0n) is 29.1. The lowest BCUT2D eigenvalue weighted by Crippen LogP contribution is -2.55. The summed E-state index contributed by atoms with van der Waals surface area (Å²) in [6.45, 7) is 0.474. The van der Waals surface area contributed by atoms with Gasteiger partial charge in [-0.1, -0.05) is 54.6 Å². The highest BCUT2D eigenvalue weighted by Crippen LogP contribution is 2.52. The number of phenolic OH excluding ortho intramolecular Hbond substituents is 2. The molecule has 4 aromatic carbocycles. The quantitative estimate of drug-likeness (QED) is 0.0940. The van der Waals surface area contributed by atoms with Crippen LogP contribution in [0.4, 0.5) is 0 Å². The van der Waals surface area contributed by atoms with Gasteiger partial charge in [-0.3, -0.25) is 19.2 Å². The summed E-state index contributed by atoms with van der Waals surface area (Å²) in [7, 11) is 1.31. The van der Waals surface area contributed by atoms with Crippen LogP contribution in [0.3, 0.4) is 0 Å². The van der Waals surface area contributed by atoms with E-state index in [1.54, 1.807) is 6.92 Å². The third kappa shape index (κ3) is 6.60. The van der Waals surface area contributed by atoms with E-state index in [9.17, 15) is 44.7 Å². The fourth-order valence-corrected chi connectivity index (χ4v) is 7.61. The number of aliphatic hydroxyl groups is 3. The Labute approximate surface area is 314 Å². The lowest BCUT2D eigenvalue weighted by atomic mass is 9.72. The number of hydrogen-bond donors (Lipinski definition) is 6. The standard InChI is InChI=1S/C39H37NO13.ClH/c1-18-34(44)24(40-53-28(43)13-20-9-5-8-19-7-3-4-10-21(19)20)14-29(51-18)52-26-16-39(49,27(42)17-41)15-23-31(26)38(48)33-32(36(23)46)35(45)22-11-6-12-25(50-2)30(22)37(33)47;/h3-12,18,24,26,29,34,40-41,44,46,48-49H,13-17H2,1-2H3;1H/t18?,24?,26-,29?,34?,39-;/m0./s1. The molecule has 14 nitrogen and oxygen atoms in total. The topological polar surface area (TPSA) is 218 Å². The third-order valence-corrected chi connectivity index (χ3v) is 10.3. The Morgan fingerprint density at radius 2 is 1.67 bits per heavy atom. The molecule has 284 valence electrons. The Bertz CT molecular complexity index is 2170. The molecule has 1 fully saturated rings. The van der Waals surface area contributed by atoms with Crippen molar-refractivity contribution in [1.29, 1.82) is 0 Å². The Morgan fingerprint density at radius 1 is 0.963 bits per heavy atom. The summed E-state index contributed by atoms with van der Waals surface area (Å²) < 4.78 is 17.5. The molecule has 4 unspecified atom stereocenters. The smallest absolute Gasteiger partial charge is 0.329 e. The summed E-state index contributed by atoms with van der Waals surface area (Å²) in [5.41, 5.74) is -0.631. The minimum absolute atomic E-state index is 0. The van der Waals surface area contributed by atoms with Crippen molar-refractivity contribution in [2.75, 3.05) is 13.7 Å². The number of methoxy groups -OCH3 is 1. The Kier molecular flexibility index (Phi) is 10.8. The van der Waals surface area contributed by atoms with E-state index in [0.29, 0.717) is 0 Å². The van der Waals surface area contributed by atoms with Gasteiger partial charge in [-0.25, -0.2) is 0 Å². The van der Waals surface area contributed by atoms with Crippen LogP contribution in [-0.4, -0.2) is 92.7 Å². The molecule has 7 rings (SSSR count). The zero-order chi connectivity index (χ0) is 37.8. The Morgan fingerprint density at radius 3 is 2.41 bits per heavy atom. The number of carbonyl (C=O) groups excluding carboxylic acids is 4. The highest BCUT2D eigenvalue weighted by molar-refractivity contribution is 6.31. The first-order chi connectivity index (χ1) is 25.4. The molecule has 0 aromatic heterocycles. The number of ether oxygens (including phenoxy) is 3. The second-order valence-electron chi connectivity index (χ2n) is 13.5. The predicted octanol–water partition coefficient (Wildman–Crippen LogP) is 2.91. The summed E-state index contributed by atoms with van der Waals surface area (Å²) >= 11 is 0. The summed E-state index contributed by atoms with van der Waals surface area (Å²) in [6.07, 6.45) is -6.18. The number of aliphatic hydroxyl groups excluding tert-OH is 2. The molecule has 0 bridgehead atoms. The molecule has 0 amide bonds. The van der Waals surface area contributed by atoms with E-state index in [0.717, 1.165) is 16.3 Å². The lowest BCUT2D eigenvalue weighted by Gasteiger charge is -2.42. The second kappa shape index (κ2) is 15.1. The van der Waals surface area contributed by atoms with Gasteiger partial charge in [0.2, 0.25) is 5.78 Å². The monoisotopic (exact) mass is 763 g/mol. The van der Waals surface area contributed by atoms with E-state index >= 15 is 0 Å². The van der Waals surface area contributed by atoms with Crippen LogP contribution in [0, 0.1) is 0 Å². The van der Waals surface area contributed by atoms with Crippen molar-refractivity contribution in [1.82, 2.24) is 5.48 Å². The number of phenols is 2. The molecule has 54 heavy (non-hydrogen) atoms. The van der Waals surface area contributed by atoms with Gasteiger partial charge in [-0.2, -0.15) is 0 Å². The number of benzene rings is 4. The fourth-order valence-electron chi connectivity index (χ4n) is 7.61. The molecule has 15 heteroatoms. The van der Waals surface area contributed by atoms with Gasteiger partial charge in [0.1, 0.15) is 29.5 Å². The number of rotatable bonds is 9. The normalized spacial score (nSPS) is 24.5. The van der Waals surface area contributed by atoms with Gasteiger partial charge in [-0.05, 0) is 29.3 Å². The molecule has 0 spiro atoms. The van der Waals surface area contributed by atoms with Crippen LogP contribution in [-0.2, 0) is 36.7 Å². The largest absolute Gasteiger partial charge is 0.507 e. The maximum absolute atomic E-state index is 13.9. The zero-order valence-corrected chi connectivity index (χ0v) is 29.9. The number of ketones is 3. The minimum atomic E-state index is -2.33. The first-order valence-electron chi connectivity index (χ1n) is 17.0. The van der Waals surface area contributed by atoms with Gasteiger partial charge < -0.3 is 44.6 Å². The highest BCUT2D eigenvalue weighted by atomic mass is 35.5. The third-order valence-electron chi connectivity index (χ3n) is 10.3. The highest BCUT2D eigenvalue weighted by Gasteiger charge is 2.50. The molecule has 6 N–H and O–H groups in total. The number of Topliss-reactive ketones (excluding diaryl/α,β-unsaturated/α-hetero) is 1. The van der Waals surface area contributed by atoms with Crippen LogP contribution in [0.25, 0.3) is 10.8 Å². The average molecular weight is 764 g/mol. The van der Waals surface area contributed by atoms with Gasteiger partial charge in [0.05, 0.1) is 54.6 Å². The average Bonchev–Trinajstić information content (AvgIpc) is 3.15. The van der Waals surface area contributed by atoms with Gasteiger partial charge in [0, 0.05) is 36.0 Å². The Hall–Kier alpha value is -4.93. The summed E-state index contributed by atoms with van der Waals surface area (Å²) in [4.78, 5) is 58.9. The molecule has 6 atom stereocenters. The van der Waals surface area contributed by atoms with E-state index in [4.69, 9.17) is 19.0 Å². The molecule has 1 aliphatic heterocycles. The van der Waals surface area contributed by atoms with Gasteiger partial charge in [-0.15, -0.1) is 17.9 Å². The van der Waals surface area contributed by atoms with E-state index in [-0.39, 0.29) is 53.3 Å². The molecule has 1 saturated heterocycles. The molecule has 4 aromatic rings. The van der Waals surface area contributed by atoms with Crippen molar-refractivity contribution in [2.45, 2.75) is 68.9 Å². The number of carbonyl (C=O) groups is 4. The van der Waals surface area contributed by atoms with E-state index in [1.165, 1.54) is 25.3 Å². The molecule has 0 radical (unpaired) electrons. The minimum Gasteiger partial charge on any atom is -0.507 e. The van der Waals surface area contributed by atoms with E-state index in [1.807, 2.05) is 42.5 Å². The second-order valence-corrected chi connectivity index (χ2v) is 13.5. The summed E-state index contributed by atoms with van der Waals surface area (Å²) in [5.74, 6) is -4.65. The van der Waals surface area contributed by atoms with E-state index in [2.05, 4.69) is 5.48 Å². The van der Waals surface area contributed by atoms with Gasteiger partial charge in [0.25, 0.3) is 0 Å². The molecule has 1 heterocycles. The number of hydrogen-bond acceptors (Lipinski definition) is 14. The van der Waals surface area contributed by atoms with Crippen molar-refractivity contribution in [3.63, 3.8) is 0 Å². The van der Waals surface area contributed by atoms with Crippen LogP contribution in [0.2, 0.25) is 0 Å².